The molecule has 0 spiro atoms. The highest BCUT2D eigenvalue weighted by atomic mass is 16.5. The Hall–Kier alpha value is -3.03. The highest BCUT2D eigenvalue weighted by Gasteiger charge is 2.37. The molecule has 1 aliphatic rings. The van der Waals surface area contributed by atoms with E-state index >= 15 is 0 Å². The fourth-order valence-corrected chi connectivity index (χ4v) is 4.02. The zero-order valence-corrected chi connectivity index (χ0v) is 17.6. The van der Waals surface area contributed by atoms with Gasteiger partial charge in [0.1, 0.15) is 6.33 Å². The van der Waals surface area contributed by atoms with Crippen LogP contribution in [-0.4, -0.2) is 34.4 Å². The van der Waals surface area contributed by atoms with Crippen molar-refractivity contribution in [1.29, 1.82) is 0 Å². The molecular formula is C24H27N3O4. The molecule has 1 fully saturated rings. The Labute approximate surface area is 181 Å². The van der Waals surface area contributed by atoms with Crippen LogP contribution < -0.4 is 10.4 Å². The van der Waals surface area contributed by atoms with E-state index in [0.29, 0.717) is 26.2 Å². The molecule has 0 aliphatic heterocycles. The van der Waals surface area contributed by atoms with Crippen LogP contribution in [0.15, 0.2) is 71.8 Å². The molecule has 0 radical (unpaired) electrons. The summed E-state index contributed by atoms with van der Waals surface area (Å²) in [4.78, 5) is 20.4. The second-order valence-electron chi connectivity index (χ2n) is 7.75. The predicted octanol–water partition coefficient (Wildman–Crippen LogP) is 3.40. The number of hydrogen-bond donors (Lipinski definition) is 0. The summed E-state index contributed by atoms with van der Waals surface area (Å²) >= 11 is 0. The van der Waals surface area contributed by atoms with Crippen LogP contribution in [0.1, 0.15) is 30.0 Å². The Kier molecular flexibility index (Phi) is 7.07. The molecule has 31 heavy (non-hydrogen) atoms. The van der Waals surface area contributed by atoms with Gasteiger partial charge >= 0.3 is 11.7 Å². The van der Waals surface area contributed by atoms with Crippen molar-refractivity contribution in [3.63, 3.8) is 0 Å². The smallest absolute Gasteiger partial charge is 0.353 e. The van der Waals surface area contributed by atoms with E-state index in [0.717, 1.165) is 17.5 Å². The van der Waals surface area contributed by atoms with E-state index in [-0.39, 0.29) is 29.8 Å². The fraction of sp³-hybridized carbons (Fsp3) is 0.375. The van der Waals surface area contributed by atoms with Gasteiger partial charge in [-0.05, 0) is 24.0 Å². The van der Waals surface area contributed by atoms with Crippen molar-refractivity contribution in [2.75, 3.05) is 13.7 Å². The maximum absolute atomic E-state index is 12.4. The lowest BCUT2D eigenvalue weighted by Crippen LogP contribution is -2.27. The average Bonchev–Trinajstić information content (AvgIpc) is 3.21. The van der Waals surface area contributed by atoms with E-state index in [1.807, 2.05) is 36.4 Å². The van der Waals surface area contributed by atoms with Gasteiger partial charge in [0.2, 0.25) is 0 Å². The van der Waals surface area contributed by atoms with E-state index in [1.165, 1.54) is 13.4 Å². The number of hydrogen-bond acceptors (Lipinski definition) is 6. The molecule has 0 saturated heterocycles. The van der Waals surface area contributed by atoms with E-state index in [2.05, 4.69) is 34.2 Å². The molecule has 0 N–H and O–H groups in total. The molecule has 1 saturated carbocycles. The Bertz CT molecular complexity index is 1010. The highest BCUT2D eigenvalue weighted by molar-refractivity contribution is 5.14. The van der Waals surface area contributed by atoms with E-state index in [1.54, 1.807) is 4.57 Å². The Morgan fingerprint density at radius 3 is 2.29 bits per heavy atom. The largest absolute Gasteiger partial charge is 0.467 e. The van der Waals surface area contributed by atoms with Crippen molar-refractivity contribution < 1.29 is 14.2 Å². The van der Waals surface area contributed by atoms with Crippen LogP contribution in [0.4, 0.5) is 0 Å². The third-order valence-corrected chi connectivity index (χ3v) is 5.64. The summed E-state index contributed by atoms with van der Waals surface area (Å²) in [5, 5.41) is 0. The van der Waals surface area contributed by atoms with Gasteiger partial charge in [0.15, 0.2) is 0 Å². The third-order valence-electron chi connectivity index (χ3n) is 5.64. The minimum atomic E-state index is -0.357. The zero-order chi connectivity index (χ0) is 21.5. The number of methoxy groups -OCH3 is 1. The Morgan fingerprint density at radius 2 is 1.65 bits per heavy atom. The SMILES string of the molecule is COc1ncn(C2CC(COCc3ccccc3)C(OCc3ccccc3)C2)c(=O)n1. The molecule has 3 aromatic rings. The number of ether oxygens (including phenoxy) is 3. The molecular weight excluding hydrogens is 394 g/mol. The minimum absolute atomic E-state index is 0.0185. The first-order chi connectivity index (χ1) is 15.2. The number of benzene rings is 2. The molecule has 7 heteroatoms. The van der Waals surface area contributed by atoms with Gasteiger partial charge in [0.05, 0.1) is 33.0 Å². The molecule has 7 nitrogen and oxygen atoms in total. The Balaban J connectivity index is 1.43. The lowest BCUT2D eigenvalue weighted by molar-refractivity contribution is -0.0190. The minimum Gasteiger partial charge on any atom is -0.467 e. The van der Waals surface area contributed by atoms with E-state index in [9.17, 15) is 4.79 Å². The summed E-state index contributed by atoms with van der Waals surface area (Å²) in [6, 6.07) is 20.3. The van der Waals surface area contributed by atoms with Crippen molar-refractivity contribution >= 4 is 0 Å². The first kappa shape index (κ1) is 21.2. The molecule has 0 amide bonds. The van der Waals surface area contributed by atoms with Crippen LogP contribution in [0.5, 0.6) is 6.01 Å². The summed E-state index contributed by atoms with van der Waals surface area (Å²) in [6.07, 6.45) is 2.97. The van der Waals surface area contributed by atoms with Crippen LogP contribution in [-0.2, 0) is 22.7 Å². The summed E-state index contributed by atoms with van der Waals surface area (Å²) < 4.78 is 18.8. The monoisotopic (exact) mass is 421 g/mol. The third kappa shape index (κ3) is 5.57. The molecule has 162 valence electrons. The van der Waals surface area contributed by atoms with Gasteiger partial charge in [-0.1, -0.05) is 60.7 Å². The molecule has 1 aliphatic carbocycles. The van der Waals surface area contributed by atoms with Gasteiger partial charge in [-0.3, -0.25) is 4.57 Å². The lowest BCUT2D eigenvalue weighted by atomic mass is 10.1. The van der Waals surface area contributed by atoms with Crippen molar-refractivity contribution in [1.82, 2.24) is 14.5 Å². The summed E-state index contributed by atoms with van der Waals surface area (Å²) in [7, 11) is 1.45. The molecule has 4 rings (SSSR count). The van der Waals surface area contributed by atoms with Crippen molar-refractivity contribution in [3.05, 3.63) is 88.6 Å². The van der Waals surface area contributed by atoms with Crippen molar-refractivity contribution in [2.45, 2.75) is 38.2 Å². The normalized spacial score (nSPS) is 20.6. The van der Waals surface area contributed by atoms with Crippen LogP contribution in [0.3, 0.4) is 0 Å². The van der Waals surface area contributed by atoms with E-state index < -0.39 is 0 Å². The molecule has 0 bridgehead atoms. The second kappa shape index (κ2) is 10.3. The molecule has 1 heterocycles. The molecule has 2 aromatic carbocycles. The summed E-state index contributed by atoms with van der Waals surface area (Å²) in [5.74, 6) is 0.173. The molecule has 1 aromatic heterocycles. The van der Waals surface area contributed by atoms with Gasteiger partial charge in [-0.15, -0.1) is 4.98 Å². The van der Waals surface area contributed by atoms with Crippen LogP contribution >= 0.6 is 0 Å². The van der Waals surface area contributed by atoms with Gasteiger partial charge in [-0.25, -0.2) is 4.79 Å². The molecule has 3 unspecified atom stereocenters. The molecule has 3 atom stereocenters. The maximum Gasteiger partial charge on any atom is 0.353 e. The zero-order valence-electron chi connectivity index (χ0n) is 17.6. The highest BCUT2D eigenvalue weighted by Crippen LogP contribution is 2.37. The van der Waals surface area contributed by atoms with Crippen LogP contribution in [0, 0.1) is 5.92 Å². The number of aromatic nitrogens is 3. The topological polar surface area (TPSA) is 75.5 Å². The van der Waals surface area contributed by atoms with Gasteiger partial charge in [0.25, 0.3) is 0 Å². The Morgan fingerprint density at radius 1 is 0.968 bits per heavy atom. The summed E-state index contributed by atoms with van der Waals surface area (Å²) in [5.41, 5.74) is 1.91. The number of rotatable bonds is 9. The predicted molar refractivity (Wildman–Crippen MR) is 116 cm³/mol. The number of nitrogens with zero attached hydrogens (tertiary/aromatic N) is 3. The van der Waals surface area contributed by atoms with Crippen molar-refractivity contribution in [3.8, 4) is 6.01 Å². The van der Waals surface area contributed by atoms with Gasteiger partial charge < -0.3 is 14.2 Å². The second-order valence-corrected chi connectivity index (χ2v) is 7.75. The van der Waals surface area contributed by atoms with Crippen LogP contribution in [0.25, 0.3) is 0 Å². The first-order valence-electron chi connectivity index (χ1n) is 10.5. The lowest BCUT2D eigenvalue weighted by Gasteiger charge is -2.20. The fourth-order valence-electron chi connectivity index (χ4n) is 4.02. The maximum atomic E-state index is 12.4. The standard InChI is InChI=1S/C24H27N3O4/c1-29-23-25-17-27(24(28)26-23)21-12-20(16-30-14-18-8-4-2-5-9-18)22(13-21)31-15-19-10-6-3-7-11-19/h2-11,17,20-22H,12-16H2,1H3. The van der Waals surface area contributed by atoms with Crippen molar-refractivity contribution in [2.24, 2.45) is 5.92 Å². The van der Waals surface area contributed by atoms with Crippen LogP contribution in [0.2, 0.25) is 0 Å². The quantitative estimate of drug-likeness (QED) is 0.527. The summed E-state index contributed by atoms with van der Waals surface area (Å²) in [6.45, 7) is 1.65. The van der Waals surface area contributed by atoms with E-state index in [4.69, 9.17) is 14.2 Å². The van der Waals surface area contributed by atoms with Gasteiger partial charge in [-0.2, -0.15) is 4.98 Å². The van der Waals surface area contributed by atoms with Gasteiger partial charge in [0, 0.05) is 12.0 Å². The average molecular weight is 421 g/mol. The first-order valence-corrected chi connectivity index (χ1v) is 10.5.